The van der Waals surface area contributed by atoms with Crippen molar-refractivity contribution in [3.63, 3.8) is 0 Å². The zero-order valence-electron chi connectivity index (χ0n) is 15.9. The average Bonchev–Trinajstić information content (AvgIpc) is 3.19. The Labute approximate surface area is 176 Å². The van der Waals surface area contributed by atoms with E-state index in [4.69, 9.17) is 23.2 Å². The second-order valence-electron chi connectivity index (χ2n) is 6.57. The summed E-state index contributed by atoms with van der Waals surface area (Å²) in [6.45, 7) is 5.39. The van der Waals surface area contributed by atoms with Gasteiger partial charge < -0.3 is 5.32 Å². The lowest BCUT2D eigenvalue weighted by Crippen LogP contribution is -2.24. The first-order valence-corrected chi connectivity index (χ1v) is 9.40. The first-order chi connectivity index (χ1) is 13.7. The quantitative estimate of drug-likeness (QED) is 0.460. The fourth-order valence-corrected chi connectivity index (χ4v) is 3.21. The molecule has 29 heavy (non-hydrogen) atoms. The molecule has 1 unspecified atom stereocenters. The molecule has 1 amide bonds. The molecule has 1 atom stereocenters. The third-order valence-electron chi connectivity index (χ3n) is 4.43. The highest BCUT2D eigenvalue weighted by atomic mass is 35.5. The van der Waals surface area contributed by atoms with Crippen LogP contribution in [0.1, 0.15) is 29.9 Å². The summed E-state index contributed by atoms with van der Waals surface area (Å²) < 4.78 is 2.97. The first kappa shape index (κ1) is 20.8. The minimum atomic E-state index is -0.751. The fourth-order valence-electron chi connectivity index (χ4n) is 2.74. The molecule has 3 aromatic rings. The minimum Gasteiger partial charge on any atom is -0.307 e. The largest absolute Gasteiger partial charge is 0.309 e. The van der Waals surface area contributed by atoms with Crippen molar-refractivity contribution in [1.82, 2.24) is 19.6 Å². The molecule has 0 aliphatic rings. The number of aromatic nitrogens is 4. The van der Waals surface area contributed by atoms with Gasteiger partial charge in [-0.15, -0.1) is 0 Å². The second-order valence-corrected chi connectivity index (χ2v) is 7.41. The van der Waals surface area contributed by atoms with Crippen LogP contribution < -0.4 is 5.32 Å². The van der Waals surface area contributed by atoms with Crippen molar-refractivity contribution >= 4 is 40.6 Å². The number of hydrogen-bond donors (Lipinski definition) is 1. The molecule has 0 bridgehead atoms. The topological polar surface area (TPSA) is 108 Å². The van der Waals surface area contributed by atoms with Gasteiger partial charge >= 0.3 is 5.69 Å². The van der Waals surface area contributed by atoms with Gasteiger partial charge in [0.05, 0.1) is 11.5 Å². The van der Waals surface area contributed by atoms with Crippen LogP contribution in [0.4, 0.5) is 11.5 Å². The molecular formula is C18H18Cl2N6O3. The Morgan fingerprint density at radius 1 is 1.28 bits per heavy atom. The summed E-state index contributed by atoms with van der Waals surface area (Å²) in [5.74, 6) is -0.0283. The van der Waals surface area contributed by atoms with Crippen LogP contribution in [0, 0.1) is 24.0 Å². The highest BCUT2D eigenvalue weighted by Gasteiger charge is 2.23. The van der Waals surface area contributed by atoms with Crippen LogP contribution >= 0.6 is 23.2 Å². The lowest BCUT2D eigenvalue weighted by molar-refractivity contribution is -0.385. The molecule has 0 aliphatic carbocycles. The van der Waals surface area contributed by atoms with Gasteiger partial charge in [-0.2, -0.15) is 10.2 Å². The van der Waals surface area contributed by atoms with Crippen molar-refractivity contribution in [2.45, 2.75) is 33.4 Å². The van der Waals surface area contributed by atoms with E-state index in [1.807, 2.05) is 13.0 Å². The van der Waals surface area contributed by atoms with Crippen LogP contribution in [0.25, 0.3) is 0 Å². The van der Waals surface area contributed by atoms with Crippen LogP contribution in [0.3, 0.4) is 0 Å². The molecule has 1 aromatic carbocycles. The normalized spacial score (nSPS) is 12.0. The molecule has 2 heterocycles. The van der Waals surface area contributed by atoms with Gasteiger partial charge in [-0.25, -0.2) is 0 Å². The molecular weight excluding hydrogens is 419 g/mol. The molecule has 1 N–H and O–H groups in total. The summed E-state index contributed by atoms with van der Waals surface area (Å²) in [6, 6.07) is 6.20. The molecule has 0 spiro atoms. The number of halogens is 2. The molecule has 11 heteroatoms. The Morgan fingerprint density at radius 3 is 2.62 bits per heavy atom. The van der Waals surface area contributed by atoms with Crippen LogP contribution in [0.2, 0.25) is 10.0 Å². The van der Waals surface area contributed by atoms with Gasteiger partial charge in [0, 0.05) is 21.8 Å². The third-order valence-corrected chi connectivity index (χ3v) is 5.02. The smallest absolute Gasteiger partial charge is 0.307 e. The number of carbonyl (C=O) groups excluding carboxylic acids is 1. The number of benzene rings is 1. The number of amides is 1. The number of hydrogen-bond acceptors (Lipinski definition) is 5. The number of nitrogens with zero attached hydrogens (tertiary/aromatic N) is 5. The molecule has 0 fully saturated rings. The highest BCUT2D eigenvalue weighted by Crippen LogP contribution is 2.23. The minimum absolute atomic E-state index is 0.135. The molecule has 2 aromatic heterocycles. The second kappa shape index (κ2) is 8.22. The Bertz CT molecular complexity index is 1090. The number of carbonyl (C=O) groups is 1. The van der Waals surface area contributed by atoms with Crippen molar-refractivity contribution < 1.29 is 9.72 Å². The standard InChI is InChI=1S/C18H18Cl2N6O3/c1-10-6-17(23-24(10)8-13-4-5-14(19)7-15(13)20)21-18(27)12(3)25-9-16(26(28)29)11(2)22-25/h4-7,9,12H,8H2,1-3H3,(H,21,23,27). The Hall–Kier alpha value is -2.91. The van der Waals surface area contributed by atoms with Gasteiger partial charge in [0.25, 0.3) is 0 Å². The predicted octanol–water partition coefficient (Wildman–Crippen LogP) is 4.16. The van der Waals surface area contributed by atoms with Crippen LogP contribution in [-0.2, 0) is 11.3 Å². The van der Waals surface area contributed by atoms with E-state index in [2.05, 4.69) is 15.5 Å². The zero-order valence-corrected chi connectivity index (χ0v) is 17.4. The lowest BCUT2D eigenvalue weighted by atomic mass is 10.2. The van der Waals surface area contributed by atoms with Crippen LogP contribution in [0.5, 0.6) is 0 Å². The van der Waals surface area contributed by atoms with E-state index >= 15 is 0 Å². The van der Waals surface area contributed by atoms with E-state index < -0.39 is 16.9 Å². The van der Waals surface area contributed by atoms with Crippen molar-refractivity contribution in [3.05, 3.63) is 67.6 Å². The van der Waals surface area contributed by atoms with E-state index in [-0.39, 0.29) is 11.4 Å². The van der Waals surface area contributed by atoms with Gasteiger partial charge in [-0.1, -0.05) is 29.3 Å². The Balaban J connectivity index is 1.73. The number of nitro groups is 1. The number of anilines is 1. The Kier molecular flexibility index (Phi) is 5.90. The van der Waals surface area contributed by atoms with E-state index in [1.54, 1.807) is 29.8 Å². The van der Waals surface area contributed by atoms with Gasteiger partial charge in [0.2, 0.25) is 5.91 Å². The van der Waals surface area contributed by atoms with Gasteiger partial charge in [0.15, 0.2) is 5.82 Å². The molecule has 9 nitrogen and oxygen atoms in total. The van der Waals surface area contributed by atoms with E-state index in [9.17, 15) is 14.9 Å². The zero-order chi connectivity index (χ0) is 21.3. The summed E-state index contributed by atoms with van der Waals surface area (Å²) in [7, 11) is 0. The van der Waals surface area contributed by atoms with Crippen molar-refractivity contribution in [2.24, 2.45) is 0 Å². The fraction of sp³-hybridized carbons (Fsp3) is 0.278. The lowest BCUT2D eigenvalue weighted by Gasteiger charge is -2.11. The predicted molar refractivity (Wildman–Crippen MR) is 109 cm³/mol. The maximum absolute atomic E-state index is 12.5. The van der Waals surface area contributed by atoms with Crippen LogP contribution in [0.15, 0.2) is 30.5 Å². The molecule has 152 valence electrons. The van der Waals surface area contributed by atoms with Crippen molar-refractivity contribution in [1.29, 1.82) is 0 Å². The summed E-state index contributed by atoms with van der Waals surface area (Å²) in [6.07, 6.45) is 1.24. The van der Waals surface area contributed by atoms with Crippen LogP contribution in [-0.4, -0.2) is 30.4 Å². The average molecular weight is 437 g/mol. The maximum Gasteiger partial charge on any atom is 0.309 e. The molecule has 0 radical (unpaired) electrons. The summed E-state index contributed by atoms with van der Waals surface area (Å²) in [5.41, 5.74) is 1.77. The Morgan fingerprint density at radius 2 is 2.00 bits per heavy atom. The number of nitrogens with one attached hydrogen (secondary N) is 1. The van der Waals surface area contributed by atoms with E-state index in [0.717, 1.165) is 11.3 Å². The highest BCUT2D eigenvalue weighted by molar-refractivity contribution is 6.35. The van der Waals surface area contributed by atoms with Crippen molar-refractivity contribution in [2.75, 3.05) is 5.32 Å². The summed E-state index contributed by atoms with van der Waals surface area (Å²) >= 11 is 12.1. The van der Waals surface area contributed by atoms with Crippen molar-refractivity contribution in [3.8, 4) is 0 Å². The molecule has 0 aliphatic heterocycles. The summed E-state index contributed by atoms with van der Waals surface area (Å²) in [5, 5.41) is 23.2. The number of aryl methyl sites for hydroxylation is 2. The van der Waals surface area contributed by atoms with Gasteiger partial charge in [-0.3, -0.25) is 24.3 Å². The summed E-state index contributed by atoms with van der Waals surface area (Å²) in [4.78, 5) is 23.0. The van der Waals surface area contributed by atoms with E-state index in [1.165, 1.54) is 17.8 Å². The SMILES string of the molecule is Cc1nn(C(C)C(=O)Nc2cc(C)n(Cc3ccc(Cl)cc3Cl)n2)cc1[N+](=O)[O-]. The molecule has 3 rings (SSSR count). The third kappa shape index (κ3) is 4.57. The maximum atomic E-state index is 12.5. The van der Waals surface area contributed by atoms with Gasteiger partial charge in [0.1, 0.15) is 17.9 Å². The monoisotopic (exact) mass is 436 g/mol. The van der Waals surface area contributed by atoms with E-state index in [0.29, 0.717) is 22.4 Å². The first-order valence-electron chi connectivity index (χ1n) is 8.65. The number of rotatable bonds is 6. The molecule has 0 saturated heterocycles. The molecule has 0 saturated carbocycles. The van der Waals surface area contributed by atoms with Gasteiger partial charge in [-0.05, 0) is 38.5 Å².